The SMILES string of the molecule is CC(NC(=O)OCc1ccccc1)C(=O)C1NC(C(=O)O)Cc2ccccc21. The average Bonchev–Trinajstić information content (AvgIpc) is 2.71. The van der Waals surface area contributed by atoms with Crippen molar-refractivity contribution in [1.82, 2.24) is 10.6 Å². The summed E-state index contributed by atoms with van der Waals surface area (Å²) in [6, 6.07) is 13.9. The highest BCUT2D eigenvalue weighted by molar-refractivity contribution is 5.93. The number of Topliss-reactive ketones (excluding diaryl/α,β-unsaturated/α-hetero) is 1. The predicted molar refractivity (Wildman–Crippen MR) is 102 cm³/mol. The van der Waals surface area contributed by atoms with Crippen LogP contribution in [0, 0.1) is 0 Å². The van der Waals surface area contributed by atoms with Gasteiger partial charge in [0.1, 0.15) is 12.6 Å². The molecule has 1 heterocycles. The molecule has 0 aromatic heterocycles. The molecule has 2 aromatic rings. The van der Waals surface area contributed by atoms with E-state index in [0.29, 0.717) is 6.42 Å². The Hall–Kier alpha value is -3.19. The van der Waals surface area contributed by atoms with Gasteiger partial charge in [-0.3, -0.25) is 14.9 Å². The number of benzene rings is 2. The van der Waals surface area contributed by atoms with Crippen molar-refractivity contribution in [3.05, 3.63) is 71.3 Å². The molecule has 28 heavy (non-hydrogen) atoms. The normalized spacial score (nSPS) is 19.2. The molecule has 3 rings (SSSR count). The van der Waals surface area contributed by atoms with Crippen molar-refractivity contribution in [2.24, 2.45) is 0 Å². The molecule has 7 nitrogen and oxygen atoms in total. The lowest BCUT2D eigenvalue weighted by Crippen LogP contribution is -2.51. The Morgan fingerprint density at radius 2 is 1.82 bits per heavy atom. The number of ether oxygens (including phenoxy) is 1. The number of hydrogen-bond donors (Lipinski definition) is 3. The number of amides is 1. The summed E-state index contributed by atoms with van der Waals surface area (Å²) in [5, 5.41) is 14.8. The van der Waals surface area contributed by atoms with Crippen molar-refractivity contribution >= 4 is 17.8 Å². The van der Waals surface area contributed by atoms with Crippen LogP contribution >= 0.6 is 0 Å². The van der Waals surface area contributed by atoms with Crippen molar-refractivity contribution in [2.45, 2.75) is 38.1 Å². The molecule has 146 valence electrons. The molecule has 0 bridgehead atoms. The minimum Gasteiger partial charge on any atom is -0.480 e. The zero-order chi connectivity index (χ0) is 20.1. The highest BCUT2D eigenvalue weighted by Crippen LogP contribution is 2.27. The fourth-order valence-electron chi connectivity index (χ4n) is 3.23. The van der Waals surface area contributed by atoms with E-state index in [2.05, 4.69) is 10.6 Å². The zero-order valence-corrected chi connectivity index (χ0v) is 15.4. The molecule has 0 saturated carbocycles. The van der Waals surface area contributed by atoms with Crippen LogP contribution in [0.1, 0.15) is 29.7 Å². The van der Waals surface area contributed by atoms with Crippen molar-refractivity contribution in [3.8, 4) is 0 Å². The number of alkyl carbamates (subject to hydrolysis) is 1. The van der Waals surface area contributed by atoms with Crippen molar-refractivity contribution in [3.63, 3.8) is 0 Å². The number of hydrogen-bond acceptors (Lipinski definition) is 5. The molecule has 0 fully saturated rings. The first kappa shape index (κ1) is 19.6. The number of carboxylic acid groups (broad SMARTS) is 1. The molecular formula is C21H22N2O5. The van der Waals surface area contributed by atoms with Gasteiger partial charge < -0.3 is 15.2 Å². The molecule has 0 saturated heterocycles. The number of carbonyl (C=O) groups excluding carboxylic acids is 2. The fourth-order valence-corrected chi connectivity index (χ4v) is 3.23. The van der Waals surface area contributed by atoms with Gasteiger partial charge in [0.25, 0.3) is 0 Å². The molecular weight excluding hydrogens is 360 g/mol. The molecule has 0 spiro atoms. The smallest absolute Gasteiger partial charge is 0.408 e. The van der Waals surface area contributed by atoms with Crippen molar-refractivity contribution < 1.29 is 24.2 Å². The van der Waals surface area contributed by atoms with Crippen LogP contribution in [0.25, 0.3) is 0 Å². The Labute approximate surface area is 162 Å². The molecule has 0 aliphatic carbocycles. The molecule has 3 atom stereocenters. The molecule has 1 amide bonds. The minimum atomic E-state index is -1.02. The third-order valence-electron chi connectivity index (χ3n) is 4.71. The van der Waals surface area contributed by atoms with Gasteiger partial charge in [0.05, 0.1) is 12.1 Å². The van der Waals surface area contributed by atoms with Crippen LogP contribution in [-0.4, -0.2) is 35.0 Å². The maximum absolute atomic E-state index is 12.9. The van der Waals surface area contributed by atoms with E-state index < -0.39 is 30.2 Å². The summed E-state index contributed by atoms with van der Waals surface area (Å²) in [4.78, 5) is 36.4. The molecule has 2 aromatic carbocycles. The minimum absolute atomic E-state index is 0.0964. The summed E-state index contributed by atoms with van der Waals surface area (Å²) in [5.41, 5.74) is 2.38. The van der Waals surface area contributed by atoms with Gasteiger partial charge in [-0.2, -0.15) is 0 Å². The Kier molecular flexibility index (Phi) is 6.06. The predicted octanol–water partition coefficient (Wildman–Crippen LogP) is 2.21. The first-order valence-electron chi connectivity index (χ1n) is 9.03. The van der Waals surface area contributed by atoms with Gasteiger partial charge in [-0.25, -0.2) is 4.79 Å². The number of ketones is 1. The van der Waals surface area contributed by atoms with E-state index in [9.17, 15) is 19.5 Å². The lowest BCUT2D eigenvalue weighted by Gasteiger charge is -2.31. The zero-order valence-electron chi connectivity index (χ0n) is 15.4. The maximum Gasteiger partial charge on any atom is 0.408 e. The number of fused-ring (bicyclic) bond motifs is 1. The van der Waals surface area contributed by atoms with Crippen LogP contribution in [-0.2, 0) is 27.4 Å². The van der Waals surface area contributed by atoms with Crippen LogP contribution in [0.5, 0.6) is 0 Å². The summed E-state index contributed by atoms with van der Waals surface area (Å²) in [5.74, 6) is -1.34. The second-order valence-corrected chi connectivity index (χ2v) is 6.72. The van der Waals surface area contributed by atoms with Crippen LogP contribution < -0.4 is 10.6 Å². The number of carbonyl (C=O) groups is 3. The molecule has 3 N–H and O–H groups in total. The summed E-state index contributed by atoms with van der Waals surface area (Å²) in [7, 11) is 0. The molecule has 7 heteroatoms. The van der Waals surface area contributed by atoms with Gasteiger partial charge in [-0.05, 0) is 30.0 Å². The van der Waals surface area contributed by atoms with Crippen molar-refractivity contribution in [2.75, 3.05) is 0 Å². The lowest BCUT2D eigenvalue weighted by molar-refractivity contribution is -0.140. The second kappa shape index (κ2) is 8.67. The van der Waals surface area contributed by atoms with E-state index in [-0.39, 0.29) is 12.4 Å². The first-order chi connectivity index (χ1) is 13.5. The van der Waals surface area contributed by atoms with E-state index >= 15 is 0 Å². The Bertz CT molecular complexity index is 868. The number of rotatable bonds is 6. The lowest BCUT2D eigenvalue weighted by atomic mass is 9.86. The number of carboxylic acids is 1. The third kappa shape index (κ3) is 4.55. The van der Waals surface area contributed by atoms with Gasteiger partial charge in [0, 0.05) is 0 Å². The third-order valence-corrected chi connectivity index (χ3v) is 4.71. The van der Waals surface area contributed by atoms with Gasteiger partial charge in [0.15, 0.2) is 5.78 Å². The van der Waals surface area contributed by atoms with E-state index in [1.807, 2.05) is 42.5 Å². The summed E-state index contributed by atoms with van der Waals surface area (Å²) >= 11 is 0. The van der Waals surface area contributed by atoms with Crippen molar-refractivity contribution in [1.29, 1.82) is 0 Å². The second-order valence-electron chi connectivity index (χ2n) is 6.72. The summed E-state index contributed by atoms with van der Waals surface area (Å²) in [6.07, 6.45) is -0.403. The number of aliphatic carboxylic acids is 1. The monoisotopic (exact) mass is 382 g/mol. The summed E-state index contributed by atoms with van der Waals surface area (Å²) in [6.45, 7) is 1.65. The topological polar surface area (TPSA) is 105 Å². The highest BCUT2D eigenvalue weighted by Gasteiger charge is 2.36. The quantitative estimate of drug-likeness (QED) is 0.708. The maximum atomic E-state index is 12.9. The molecule has 1 aliphatic rings. The molecule has 3 unspecified atom stereocenters. The highest BCUT2D eigenvalue weighted by atomic mass is 16.5. The van der Waals surface area contributed by atoms with Gasteiger partial charge >= 0.3 is 12.1 Å². The van der Waals surface area contributed by atoms with E-state index in [4.69, 9.17) is 4.74 Å². The Morgan fingerprint density at radius 3 is 2.54 bits per heavy atom. The van der Waals surface area contributed by atoms with E-state index in [1.54, 1.807) is 19.1 Å². The van der Waals surface area contributed by atoms with Crippen LogP contribution in [0.15, 0.2) is 54.6 Å². The van der Waals surface area contributed by atoms with Crippen LogP contribution in [0.2, 0.25) is 0 Å². The molecule has 0 radical (unpaired) electrons. The number of nitrogens with one attached hydrogen (secondary N) is 2. The Morgan fingerprint density at radius 1 is 1.14 bits per heavy atom. The van der Waals surface area contributed by atoms with E-state index in [1.165, 1.54) is 0 Å². The van der Waals surface area contributed by atoms with Crippen LogP contribution in [0.3, 0.4) is 0 Å². The summed E-state index contributed by atoms with van der Waals surface area (Å²) < 4.78 is 5.15. The van der Waals surface area contributed by atoms with Gasteiger partial charge in [-0.1, -0.05) is 54.6 Å². The van der Waals surface area contributed by atoms with E-state index in [0.717, 1.165) is 16.7 Å². The van der Waals surface area contributed by atoms with Gasteiger partial charge in [0.2, 0.25) is 0 Å². The standard InChI is InChI=1S/C21H22N2O5/c1-13(22-21(27)28-12-14-7-3-2-4-8-14)19(24)18-16-10-6-5-9-15(16)11-17(23-18)20(25)26/h2-10,13,17-18,23H,11-12H2,1H3,(H,22,27)(H,25,26). The van der Waals surface area contributed by atoms with Crippen LogP contribution in [0.4, 0.5) is 4.79 Å². The fraction of sp³-hybridized carbons (Fsp3) is 0.286. The average molecular weight is 382 g/mol. The van der Waals surface area contributed by atoms with Gasteiger partial charge in [-0.15, -0.1) is 0 Å². The first-order valence-corrected chi connectivity index (χ1v) is 9.03. The molecule has 1 aliphatic heterocycles. The largest absolute Gasteiger partial charge is 0.480 e. The Balaban J connectivity index is 1.65.